The number of nitrogens with zero attached hydrogens (tertiary/aromatic N) is 1. The lowest BCUT2D eigenvalue weighted by Gasteiger charge is -2.35. The predicted octanol–water partition coefficient (Wildman–Crippen LogP) is 4.02. The topological polar surface area (TPSA) is 87.7 Å². The van der Waals surface area contributed by atoms with E-state index in [9.17, 15) is 14.4 Å². The molecule has 2 N–H and O–H groups in total. The Morgan fingerprint density at radius 2 is 1.72 bits per heavy atom. The Morgan fingerprint density at radius 1 is 1.12 bits per heavy atom. The molecule has 0 saturated heterocycles. The Morgan fingerprint density at radius 3 is 2.19 bits per heavy atom. The zero-order chi connectivity index (χ0) is 24.4. The normalized spacial score (nSPS) is 19.0. The van der Waals surface area contributed by atoms with Crippen molar-refractivity contribution < 1.29 is 19.1 Å². The molecule has 3 amide bonds. The molecule has 7 heteroatoms. The van der Waals surface area contributed by atoms with E-state index < -0.39 is 23.3 Å². The van der Waals surface area contributed by atoms with E-state index in [1.807, 2.05) is 52.8 Å². The monoisotopic (exact) mass is 445 g/mol. The van der Waals surface area contributed by atoms with Crippen LogP contribution in [-0.4, -0.2) is 46.5 Å². The number of alkyl carbamates (subject to hydrolysis) is 1. The minimum atomic E-state index is -0.780. The molecule has 0 heterocycles. The van der Waals surface area contributed by atoms with Crippen LogP contribution in [0.5, 0.6) is 0 Å². The highest BCUT2D eigenvalue weighted by Gasteiger charge is 2.47. The lowest BCUT2D eigenvalue weighted by molar-refractivity contribution is -0.141. The van der Waals surface area contributed by atoms with Crippen LogP contribution in [0, 0.1) is 19.8 Å². The molecule has 1 fully saturated rings. The maximum absolute atomic E-state index is 13.5. The van der Waals surface area contributed by atoms with Crippen LogP contribution in [0.1, 0.15) is 77.6 Å². The number of ether oxygens (including phenoxy) is 1. The van der Waals surface area contributed by atoms with E-state index in [4.69, 9.17) is 4.74 Å². The van der Waals surface area contributed by atoms with Gasteiger partial charge in [-0.25, -0.2) is 4.79 Å². The number of amides is 3. The average Bonchev–Trinajstić information content (AvgIpc) is 3.31. The van der Waals surface area contributed by atoms with Crippen molar-refractivity contribution in [3.05, 3.63) is 34.9 Å². The fourth-order valence-corrected chi connectivity index (χ4v) is 3.75. The van der Waals surface area contributed by atoms with Crippen LogP contribution >= 0.6 is 0 Å². The minimum Gasteiger partial charge on any atom is -0.444 e. The quantitative estimate of drug-likeness (QED) is 0.692. The first kappa shape index (κ1) is 25.7. The summed E-state index contributed by atoms with van der Waals surface area (Å²) in [7, 11) is 0. The van der Waals surface area contributed by atoms with Crippen LogP contribution in [-0.2, 0) is 14.3 Å². The van der Waals surface area contributed by atoms with Gasteiger partial charge in [-0.15, -0.1) is 0 Å². The van der Waals surface area contributed by atoms with Gasteiger partial charge in [0, 0.05) is 11.6 Å². The van der Waals surface area contributed by atoms with Crippen molar-refractivity contribution in [1.29, 1.82) is 0 Å². The van der Waals surface area contributed by atoms with Crippen molar-refractivity contribution in [2.24, 2.45) is 5.92 Å². The second kappa shape index (κ2) is 9.51. The molecule has 1 saturated carbocycles. The van der Waals surface area contributed by atoms with Gasteiger partial charge in [0.2, 0.25) is 11.8 Å². The summed E-state index contributed by atoms with van der Waals surface area (Å²) >= 11 is 0. The summed E-state index contributed by atoms with van der Waals surface area (Å²) in [5.41, 5.74) is 1.72. The van der Waals surface area contributed by atoms with Gasteiger partial charge in [-0.1, -0.05) is 30.7 Å². The fraction of sp³-hybridized carbons (Fsp3) is 0.640. The van der Waals surface area contributed by atoms with Crippen LogP contribution in [0.15, 0.2) is 18.2 Å². The number of benzene rings is 1. The molecule has 2 rings (SSSR count). The summed E-state index contributed by atoms with van der Waals surface area (Å²) in [6.45, 7) is 16.8. The maximum atomic E-state index is 13.5. The third-order valence-corrected chi connectivity index (χ3v) is 5.24. The van der Waals surface area contributed by atoms with Gasteiger partial charge >= 0.3 is 6.09 Å². The Labute approximate surface area is 192 Å². The number of hydrogen-bond donors (Lipinski definition) is 2. The van der Waals surface area contributed by atoms with E-state index in [2.05, 4.69) is 17.6 Å². The molecule has 7 nitrogen and oxygen atoms in total. The smallest absolute Gasteiger partial charge is 0.408 e. The highest BCUT2D eigenvalue weighted by Crippen LogP contribution is 2.41. The first-order valence-corrected chi connectivity index (χ1v) is 11.3. The van der Waals surface area contributed by atoms with E-state index in [0.29, 0.717) is 0 Å². The number of carbonyl (C=O) groups is 3. The van der Waals surface area contributed by atoms with Crippen LogP contribution in [0.2, 0.25) is 0 Å². The molecule has 178 valence electrons. The number of hydrogen-bond acceptors (Lipinski definition) is 4. The number of nitrogens with one attached hydrogen (secondary N) is 2. The van der Waals surface area contributed by atoms with Crippen LogP contribution in [0.25, 0.3) is 0 Å². The molecule has 0 radical (unpaired) electrons. The molecule has 1 aromatic carbocycles. The van der Waals surface area contributed by atoms with Gasteiger partial charge in [0.05, 0.1) is 0 Å². The summed E-state index contributed by atoms with van der Waals surface area (Å²) in [5, 5.41) is 5.59. The van der Waals surface area contributed by atoms with E-state index in [1.165, 1.54) is 0 Å². The lowest BCUT2D eigenvalue weighted by Crippen LogP contribution is -2.52. The SMILES string of the molecule is Cc1ccc(C(C(=O)NC(C)(C)C)N(C(=O)CNC(=O)OC(C)(C)C)C2CC2C)c(C)c1. The molecular formula is C25H39N3O4. The van der Waals surface area contributed by atoms with Crippen LogP contribution in [0.3, 0.4) is 0 Å². The largest absolute Gasteiger partial charge is 0.444 e. The van der Waals surface area contributed by atoms with Crippen molar-refractivity contribution in [2.45, 2.75) is 92.0 Å². The van der Waals surface area contributed by atoms with Gasteiger partial charge < -0.3 is 20.3 Å². The molecule has 3 atom stereocenters. The standard InChI is InChI=1S/C25H39N3O4/c1-15-10-11-18(16(2)12-15)21(22(30)27-24(4,5)6)28(19-13-17(19)3)20(29)14-26-23(31)32-25(7,8)9/h10-12,17,19,21H,13-14H2,1-9H3,(H,26,31)(H,27,30). The average molecular weight is 446 g/mol. The van der Waals surface area contributed by atoms with Gasteiger partial charge in [-0.05, 0) is 78.9 Å². The molecule has 32 heavy (non-hydrogen) atoms. The Bertz CT molecular complexity index is 867. The van der Waals surface area contributed by atoms with Gasteiger partial charge in [0.25, 0.3) is 0 Å². The second-order valence-electron chi connectivity index (χ2n) is 10.9. The fourth-order valence-electron chi connectivity index (χ4n) is 3.75. The van der Waals surface area contributed by atoms with Crippen molar-refractivity contribution in [1.82, 2.24) is 15.5 Å². The van der Waals surface area contributed by atoms with Gasteiger partial charge in [0.1, 0.15) is 18.2 Å². The third-order valence-electron chi connectivity index (χ3n) is 5.24. The van der Waals surface area contributed by atoms with Crippen molar-refractivity contribution in [3.63, 3.8) is 0 Å². The number of aryl methyl sites for hydroxylation is 2. The molecule has 1 aliphatic rings. The van der Waals surface area contributed by atoms with Gasteiger partial charge in [0.15, 0.2) is 0 Å². The summed E-state index contributed by atoms with van der Waals surface area (Å²) in [5.74, 6) is -0.246. The molecule has 1 aromatic rings. The zero-order valence-electron chi connectivity index (χ0n) is 21.0. The van der Waals surface area contributed by atoms with E-state index in [0.717, 1.165) is 23.1 Å². The van der Waals surface area contributed by atoms with Gasteiger partial charge in [-0.3, -0.25) is 9.59 Å². The molecule has 0 bridgehead atoms. The molecule has 0 spiro atoms. The van der Waals surface area contributed by atoms with Gasteiger partial charge in [-0.2, -0.15) is 0 Å². The van der Waals surface area contributed by atoms with Crippen LogP contribution in [0.4, 0.5) is 4.79 Å². The maximum Gasteiger partial charge on any atom is 0.408 e. The summed E-state index contributed by atoms with van der Waals surface area (Å²) < 4.78 is 5.26. The highest BCUT2D eigenvalue weighted by atomic mass is 16.6. The molecule has 1 aliphatic carbocycles. The molecule has 0 aromatic heterocycles. The zero-order valence-corrected chi connectivity index (χ0v) is 21.0. The lowest BCUT2D eigenvalue weighted by atomic mass is 9.95. The third kappa shape index (κ3) is 7.24. The molecular weight excluding hydrogens is 406 g/mol. The molecule has 0 aliphatic heterocycles. The van der Waals surface area contributed by atoms with Crippen molar-refractivity contribution in [3.8, 4) is 0 Å². The summed E-state index contributed by atoms with van der Waals surface area (Å²) in [4.78, 5) is 40.6. The number of rotatable bonds is 6. The van der Waals surface area contributed by atoms with E-state index in [1.54, 1.807) is 25.7 Å². The van der Waals surface area contributed by atoms with Crippen molar-refractivity contribution >= 4 is 17.9 Å². The predicted molar refractivity (Wildman–Crippen MR) is 125 cm³/mol. The second-order valence-corrected chi connectivity index (χ2v) is 10.9. The Balaban J connectivity index is 2.37. The summed E-state index contributed by atoms with van der Waals surface area (Å²) in [6.07, 6.45) is 0.166. The molecule has 3 unspecified atom stereocenters. The Hall–Kier alpha value is -2.57. The van der Waals surface area contributed by atoms with Crippen LogP contribution < -0.4 is 10.6 Å². The van der Waals surface area contributed by atoms with E-state index >= 15 is 0 Å². The first-order valence-electron chi connectivity index (χ1n) is 11.3. The highest BCUT2D eigenvalue weighted by molar-refractivity contribution is 5.91. The first-order chi connectivity index (χ1) is 14.6. The minimum absolute atomic E-state index is 0.0562. The number of carbonyl (C=O) groups excluding carboxylic acids is 3. The summed E-state index contributed by atoms with van der Waals surface area (Å²) in [6, 6.07) is 5.06. The Kier molecular flexibility index (Phi) is 7.63. The van der Waals surface area contributed by atoms with E-state index in [-0.39, 0.29) is 30.3 Å². The van der Waals surface area contributed by atoms with Crippen molar-refractivity contribution in [2.75, 3.05) is 6.54 Å².